The van der Waals surface area contributed by atoms with Gasteiger partial charge >= 0.3 is 5.97 Å². The molecule has 208 valence electrons. The van der Waals surface area contributed by atoms with Gasteiger partial charge in [-0.3, -0.25) is 14.8 Å². The summed E-state index contributed by atoms with van der Waals surface area (Å²) in [6, 6.07) is 9.91. The Kier molecular flexibility index (Phi) is 9.62. The van der Waals surface area contributed by atoms with Crippen molar-refractivity contribution >= 4 is 45.3 Å². The molecule has 4 rings (SSSR count). The minimum Gasteiger partial charge on any atom is -0.462 e. The van der Waals surface area contributed by atoms with Gasteiger partial charge < -0.3 is 9.64 Å². The van der Waals surface area contributed by atoms with Crippen LogP contribution in [-0.2, 0) is 14.8 Å². The number of pyridine rings is 1. The zero-order valence-corrected chi connectivity index (χ0v) is 24.9. The average Bonchev–Trinajstić information content (AvgIpc) is 3.52. The highest BCUT2D eigenvalue weighted by atomic mass is 32.2. The van der Waals surface area contributed by atoms with Crippen LogP contribution >= 0.6 is 23.5 Å². The Morgan fingerprint density at radius 2 is 2.08 bits per heavy atom. The predicted molar refractivity (Wildman–Crippen MR) is 157 cm³/mol. The molecule has 0 spiro atoms. The molecule has 0 fully saturated rings. The summed E-state index contributed by atoms with van der Waals surface area (Å²) >= 11 is 3.31. The molecule has 0 saturated carbocycles. The molecule has 3 heterocycles. The number of hydrogen-bond acceptors (Lipinski definition) is 9. The van der Waals surface area contributed by atoms with Crippen molar-refractivity contribution < 1.29 is 17.9 Å². The minimum absolute atomic E-state index is 0.0270. The van der Waals surface area contributed by atoms with Crippen LogP contribution < -0.4 is 4.72 Å². The molecule has 2 N–H and O–H groups in total. The second-order valence-corrected chi connectivity index (χ2v) is 12.9. The molecule has 0 atom stereocenters. The fourth-order valence-corrected chi connectivity index (χ4v) is 7.08. The third-order valence-corrected chi connectivity index (χ3v) is 9.45. The maximum atomic E-state index is 13.6. The first-order valence-corrected chi connectivity index (χ1v) is 16.2. The van der Waals surface area contributed by atoms with Crippen LogP contribution in [0.1, 0.15) is 55.5 Å². The number of allylic oxidation sites excluding steroid dienone is 1. The van der Waals surface area contributed by atoms with Crippen molar-refractivity contribution in [3.8, 4) is 11.3 Å². The first kappa shape index (κ1) is 29.0. The Balaban J connectivity index is 1.68. The van der Waals surface area contributed by atoms with Gasteiger partial charge in [0.2, 0.25) is 0 Å². The zero-order chi connectivity index (χ0) is 28.0. The van der Waals surface area contributed by atoms with Gasteiger partial charge in [-0.2, -0.15) is 5.10 Å². The highest BCUT2D eigenvalue weighted by Gasteiger charge is 2.27. The van der Waals surface area contributed by atoms with Crippen LogP contribution in [0.15, 0.2) is 63.6 Å². The molecule has 2 aromatic heterocycles. The number of carbonyl (C=O) groups is 1. The van der Waals surface area contributed by atoms with Crippen molar-refractivity contribution in [2.45, 2.75) is 49.5 Å². The van der Waals surface area contributed by atoms with Crippen LogP contribution in [0.4, 0.5) is 5.82 Å². The van der Waals surface area contributed by atoms with Gasteiger partial charge in [-0.25, -0.2) is 13.2 Å². The van der Waals surface area contributed by atoms with E-state index in [-0.39, 0.29) is 28.8 Å². The largest absolute Gasteiger partial charge is 0.462 e. The quantitative estimate of drug-likeness (QED) is 0.197. The van der Waals surface area contributed by atoms with Gasteiger partial charge in [0.25, 0.3) is 10.0 Å². The third-order valence-electron chi connectivity index (χ3n) is 6.08. The van der Waals surface area contributed by atoms with Crippen LogP contribution in [0.5, 0.6) is 0 Å². The molecule has 0 bridgehead atoms. The van der Waals surface area contributed by atoms with E-state index in [0.29, 0.717) is 22.7 Å². The SMILES string of the molecule is CCCOC(=O)c1ccccc1S(=O)(=O)Nc1[nH]nc(SCCC2=CSCN2C)c1-c1cc(C(C)C)ccn1. The van der Waals surface area contributed by atoms with E-state index < -0.39 is 16.0 Å². The molecule has 1 aromatic carbocycles. The molecular weight excluding hydrogens is 555 g/mol. The number of nitrogens with one attached hydrogen (secondary N) is 2. The lowest BCUT2D eigenvalue weighted by atomic mass is 10.0. The average molecular weight is 588 g/mol. The van der Waals surface area contributed by atoms with Crippen LogP contribution in [0.25, 0.3) is 11.3 Å². The Hall–Kier alpha value is -2.96. The van der Waals surface area contributed by atoms with Crippen molar-refractivity contribution in [3.05, 3.63) is 64.8 Å². The number of sulfonamides is 1. The number of rotatable bonds is 12. The Morgan fingerprint density at radius 1 is 1.28 bits per heavy atom. The van der Waals surface area contributed by atoms with E-state index in [9.17, 15) is 13.2 Å². The van der Waals surface area contributed by atoms with E-state index in [4.69, 9.17) is 4.74 Å². The van der Waals surface area contributed by atoms with Crippen LogP contribution in [-0.4, -0.2) is 59.8 Å². The summed E-state index contributed by atoms with van der Waals surface area (Å²) in [5.41, 5.74) is 3.49. The van der Waals surface area contributed by atoms with Gasteiger partial charge in [0.05, 0.1) is 29.3 Å². The molecule has 0 amide bonds. The van der Waals surface area contributed by atoms with E-state index in [0.717, 1.165) is 23.6 Å². The number of esters is 1. The molecule has 9 nitrogen and oxygen atoms in total. The first-order valence-electron chi connectivity index (χ1n) is 12.7. The number of anilines is 1. The smallest absolute Gasteiger partial charge is 0.339 e. The Labute approximate surface area is 238 Å². The van der Waals surface area contributed by atoms with Crippen molar-refractivity contribution in [1.29, 1.82) is 0 Å². The second-order valence-electron chi connectivity index (χ2n) is 9.35. The highest BCUT2D eigenvalue weighted by Crippen LogP contribution is 2.38. The number of H-pyrrole nitrogens is 1. The van der Waals surface area contributed by atoms with Gasteiger partial charge in [0, 0.05) is 24.7 Å². The predicted octanol–water partition coefficient (Wildman–Crippen LogP) is 5.92. The summed E-state index contributed by atoms with van der Waals surface area (Å²) in [6.45, 7) is 6.25. The maximum Gasteiger partial charge on any atom is 0.339 e. The highest BCUT2D eigenvalue weighted by molar-refractivity contribution is 8.02. The number of hydrogen-bond donors (Lipinski definition) is 2. The standard InChI is InChI=1S/C27H33N5O4S3/c1-5-13-36-27(33)21-8-6-7-9-23(21)39(34,35)31-25-24(22-15-19(18(2)3)10-12-28-22)26(30-29-25)38-14-11-20-16-37-17-32(20)4/h6-10,12,15-16,18H,5,11,13-14,17H2,1-4H3,(H2,29,30,31). The van der Waals surface area contributed by atoms with Gasteiger partial charge in [-0.1, -0.05) is 32.9 Å². The van der Waals surface area contributed by atoms with Gasteiger partial charge in [-0.15, -0.1) is 23.5 Å². The summed E-state index contributed by atoms with van der Waals surface area (Å²) in [4.78, 5) is 19.2. The summed E-state index contributed by atoms with van der Waals surface area (Å²) in [5.74, 6) is 1.47. The lowest BCUT2D eigenvalue weighted by molar-refractivity contribution is 0.0500. The lowest BCUT2D eigenvalue weighted by Gasteiger charge is -2.15. The third kappa shape index (κ3) is 6.98. The summed E-state index contributed by atoms with van der Waals surface area (Å²) in [6.07, 6.45) is 3.21. The van der Waals surface area contributed by atoms with E-state index >= 15 is 0 Å². The minimum atomic E-state index is -4.18. The fraction of sp³-hybridized carbons (Fsp3) is 0.370. The number of benzene rings is 1. The number of carbonyl (C=O) groups excluding carboxylic acids is 1. The molecule has 12 heteroatoms. The van der Waals surface area contributed by atoms with Crippen molar-refractivity contribution in [1.82, 2.24) is 20.1 Å². The van der Waals surface area contributed by atoms with E-state index in [1.807, 2.05) is 19.1 Å². The van der Waals surface area contributed by atoms with E-state index in [1.54, 1.807) is 30.1 Å². The number of aromatic amines is 1. The van der Waals surface area contributed by atoms with Crippen LogP contribution in [0.3, 0.4) is 0 Å². The fourth-order valence-electron chi connectivity index (χ4n) is 3.94. The second kappa shape index (κ2) is 12.9. The molecule has 39 heavy (non-hydrogen) atoms. The first-order chi connectivity index (χ1) is 18.7. The zero-order valence-electron chi connectivity index (χ0n) is 22.4. The lowest BCUT2D eigenvalue weighted by Crippen LogP contribution is -2.18. The monoisotopic (exact) mass is 587 g/mol. The number of ether oxygens (including phenoxy) is 1. The molecule has 1 aliphatic rings. The normalized spacial score (nSPS) is 13.6. The van der Waals surface area contributed by atoms with Crippen molar-refractivity contribution in [2.75, 3.05) is 30.0 Å². The maximum absolute atomic E-state index is 13.6. The van der Waals surface area contributed by atoms with Crippen LogP contribution in [0, 0.1) is 0 Å². The van der Waals surface area contributed by atoms with Crippen molar-refractivity contribution in [2.24, 2.45) is 0 Å². The molecule has 3 aromatic rings. The Morgan fingerprint density at radius 3 is 2.79 bits per heavy atom. The number of aromatic nitrogens is 3. The van der Waals surface area contributed by atoms with Crippen LogP contribution in [0.2, 0.25) is 0 Å². The van der Waals surface area contributed by atoms with Gasteiger partial charge in [0.1, 0.15) is 15.7 Å². The summed E-state index contributed by atoms with van der Waals surface area (Å²) in [5, 5.41) is 10.2. The van der Waals surface area contributed by atoms with E-state index in [2.05, 4.69) is 51.1 Å². The molecule has 0 unspecified atom stereocenters. The topological polar surface area (TPSA) is 117 Å². The molecule has 0 aliphatic carbocycles. The molecule has 0 saturated heterocycles. The van der Waals surface area contributed by atoms with Gasteiger partial charge in [0.15, 0.2) is 0 Å². The van der Waals surface area contributed by atoms with Gasteiger partial charge in [-0.05, 0) is 54.0 Å². The summed E-state index contributed by atoms with van der Waals surface area (Å²) < 4.78 is 35.0. The molecular formula is C27H33N5O4S3. The summed E-state index contributed by atoms with van der Waals surface area (Å²) in [7, 11) is -2.11. The number of thioether (sulfide) groups is 2. The van der Waals surface area contributed by atoms with E-state index in [1.165, 1.54) is 29.6 Å². The molecule has 1 aliphatic heterocycles. The Bertz CT molecular complexity index is 1450. The van der Waals surface area contributed by atoms with Crippen molar-refractivity contribution in [3.63, 3.8) is 0 Å². The number of nitrogens with zero attached hydrogens (tertiary/aromatic N) is 3. The molecule has 0 radical (unpaired) electrons.